The lowest BCUT2D eigenvalue weighted by Gasteiger charge is -2.36. The van der Waals surface area contributed by atoms with E-state index < -0.39 is 17.2 Å². The molecule has 0 saturated heterocycles. The summed E-state index contributed by atoms with van der Waals surface area (Å²) in [5.41, 5.74) is -2.15. The molecule has 1 saturated carbocycles. The molecule has 1 atom stereocenters. The molecule has 4 nitrogen and oxygen atoms in total. The van der Waals surface area contributed by atoms with Crippen LogP contribution in [0.5, 0.6) is 0 Å². The number of esters is 1. The molecule has 1 heterocycles. The van der Waals surface area contributed by atoms with Crippen LogP contribution in [-0.4, -0.2) is 41.2 Å². The number of halogens is 1. The van der Waals surface area contributed by atoms with E-state index in [1.807, 2.05) is 29.6 Å². The molecule has 0 radical (unpaired) electrons. The lowest BCUT2D eigenvalue weighted by Crippen LogP contribution is -2.45. The zero-order valence-electron chi connectivity index (χ0n) is 18.3. The molecule has 31 heavy (non-hydrogen) atoms. The van der Waals surface area contributed by atoms with E-state index in [2.05, 4.69) is 30.6 Å². The Morgan fingerprint density at radius 1 is 1.13 bits per heavy atom. The molecule has 0 amide bonds. The van der Waals surface area contributed by atoms with Crippen molar-refractivity contribution in [3.05, 3.63) is 58.3 Å². The van der Waals surface area contributed by atoms with E-state index in [0.29, 0.717) is 29.8 Å². The number of carbonyl (C=O) groups excluding carboxylic acids is 1. The highest BCUT2D eigenvalue weighted by atomic mass is 35.5. The highest BCUT2D eigenvalue weighted by Gasteiger charge is 2.46. The maximum Gasteiger partial charge on any atom is 0.350 e. The maximum absolute atomic E-state index is 13.5. The van der Waals surface area contributed by atoms with Gasteiger partial charge < -0.3 is 9.84 Å². The van der Waals surface area contributed by atoms with Crippen molar-refractivity contribution in [2.75, 3.05) is 19.6 Å². The molecule has 1 aromatic heterocycles. The molecule has 168 valence electrons. The summed E-state index contributed by atoms with van der Waals surface area (Å²) in [7, 11) is 0. The van der Waals surface area contributed by atoms with Crippen LogP contribution in [0.4, 0.5) is 0 Å². The molecular weight excluding hydrogens is 430 g/mol. The van der Waals surface area contributed by atoms with Gasteiger partial charge in [-0.15, -0.1) is 23.7 Å². The molecule has 0 aliphatic heterocycles. The summed E-state index contributed by atoms with van der Waals surface area (Å²) in [5, 5.41) is 13.5. The third kappa shape index (κ3) is 5.90. The number of aliphatic hydroxyl groups is 1. The van der Waals surface area contributed by atoms with E-state index in [1.165, 1.54) is 11.3 Å². The predicted molar refractivity (Wildman–Crippen MR) is 128 cm³/mol. The largest absolute Gasteiger partial charge is 0.443 e. The second kappa shape index (κ2) is 11.7. The first-order valence-electron chi connectivity index (χ1n) is 10.8. The number of rotatable bonds is 7. The Morgan fingerprint density at radius 3 is 2.39 bits per heavy atom. The van der Waals surface area contributed by atoms with Gasteiger partial charge in [-0.05, 0) is 50.2 Å². The summed E-state index contributed by atoms with van der Waals surface area (Å²) >= 11 is 1.35. The molecule has 3 rings (SSSR count). The quantitative estimate of drug-likeness (QED) is 0.465. The van der Waals surface area contributed by atoms with Gasteiger partial charge in [-0.3, -0.25) is 4.90 Å². The van der Waals surface area contributed by atoms with E-state index in [4.69, 9.17) is 4.74 Å². The molecule has 1 unspecified atom stereocenters. The number of ether oxygens (including phenoxy) is 1. The van der Waals surface area contributed by atoms with Crippen LogP contribution in [0.2, 0.25) is 0 Å². The van der Waals surface area contributed by atoms with Gasteiger partial charge in [0.25, 0.3) is 0 Å². The Balaban J connectivity index is 0.00000341. The van der Waals surface area contributed by atoms with Crippen molar-refractivity contribution in [3.8, 4) is 11.8 Å². The average molecular weight is 462 g/mol. The first kappa shape index (κ1) is 25.4. The van der Waals surface area contributed by atoms with Crippen molar-refractivity contribution >= 4 is 29.7 Å². The summed E-state index contributed by atoms with van der Waals surface area (Å²) in [6.07, 6.45) is 4.47. The van der Waals surface area contributed by atoms with Gasteiger partial charge in [0.2, 0.25) is 5.60 Å². The second-order valence-electron chi connectivity index (χ2n) is 7.76. The zero-order valence-corrected chi connectivity index (χ0v) is 19.9. The van der Waals surface area contributed by atoms with Crippen LogP contribution in [0.15, 0.2) is 47.8 Å². The molecule has 0 bridgehead atoms. The van der Waals surface area contributed by atoms with E-state index in [-0.39, 0.29) is 12.4 Å². The van der Waals surface area contributed by atoms with Crippen LogP contribution in [0, 0.1) is 11.8 Å². The van der Waals surface area contributed by atoms with Crippen LogP contribution in [-0.2, 0) is 15.1 Å². The summed E-state index contributed by atoms with van der Waals surface area (Å²) in [6.45, 7) is 6.75. The van der Waals surface area contributed by atoms with Gasteiger partial charge in [-0.25, -0.2) is 4.79 Å². The Hall–Kier alpha value is -1.84. The second-order valence-corrected chi connectivity index (χ2v) is 8.71. The Labute approximate surface area is 196 Å². The van der Waals surface area contributed by atoms with Gasteiger partial charge in [0.15, 0.2) is 5.60 Å². The monoisotopic (exact) mass is 461 g/mol. The summed E-state index contributed by atoms with van der Waals surface area (Å²) in [5.74, 6) is 5.90. The van der Waals surface area contributed by atoms with E-state index in [1.54, 1.807) is 18.2 Å². The number of hydrogen-bond donors (Lipinski definition) is 1. The van der Waals surface area contributed by atoms with Gasteiger partial charge in [0, 0.05) is 5.56 Å². The Bertz CT molecular complexity index is 865. The summed E-state index contributed by atoms with van der Waals surface area (Å²) in [4.78, 5) is 16.3. The summed E-state index contributed by atoms with van der Waals surface area (Å²) in [6, 6.07) is 12.6. The number of carbonyl (C=O) groups is 1. The topological polar surface area (TPSA) is 49.8 Å². The van der Waals surface area contributed by atoms with Gasteiger partial charge in [0.1, 0.15) is 0 Å². The van der Waals surface area contributed by atoms with Crippen molar-refractivity contribution in [2.24, 2.45) is 0 Å². The molecule has 1 N–H and O–H groups in total. The number of hydrogen-bond acceptors (Lipinski definition) is 5. The van der Waals surface area contributed by atoms with Crippen molar-refractivity contribution in [3.63, 3.8) is 0 Å². The summed E-state index contributed by atoms with van der Waals surface area (Å²) < 4.78 is 6.10. The number of nitrogens with zero attached hydrogens (tertiary/aromatic N) is 1. The fourth-order valence-electron chi connectivity index (χ4n) is 3.91. The minimum absolute atomic E-state index is 0. The minimum Gasteiger partial charge on any atom is -0.443 e. The standard InChI is InChI=1S/C25H31NO3S.ClH/c1-3-26(4-2)19-12-18-24(16-9-6-10-17-24)29-23(27)25(28,22-15-11-20-30-22)21-13-7-5-8-14-21;/h5,7-8,11,13-15,20,28H,3-4,6,9-10,16-17,19H2,1-2H3;1H. The zero-order chi connectivity index (χ0) is 21.5. The van der Waals surface area contributed by atoms with Crippen LogP contribution < -0.4 is 0 Å². The molecule has 1 aliphatic carbocycles. The van der Waals surface area contributed by atoms with Gasteiger partial charge in [-0.1, -0.05) is 68.5 Å². The van der Waals surface area contributed by atoms with Crippen LogP contribution >= 0.6 is 23.7 Å². The Kier molecular flexibility index (Phi) is 9.58. The molecule has 1 aliphatic rings. The van der Waals surface area contributed by atoms with Crippen molar-refractivity contribution in [2.45, 2.75) is 57.2 Å². The van der Waals surface area contributed by atoms with Crippen LogP contribution in [0.3, 0.4) is 0 Å². The first-order valence-corrected chi connectivity index (χ1v) is 11.7. The highest BCUT2D eigenvalue weighted by molar-refractivity contribution is 7.10. The molecule has 2 aromatic rings. The fourth-order valence-corrected chi connectivity index (χ4v) is 4.74. The van der Waals surface area contributed by atoms with Gasteiger partial charge in [0.05, 0.1) is 11.4 Å². The minimum atomic E-state index is -1.83. The third-order valence-electron chi connectivity index (χ3n) is 5.83. The van der Waals surface area contributed by atoms with E-state index in [0.717, 1.165) is 32.4 Å². The average Bonchev–Trinajstić information content (AvgIpc) is 3.33. The van der Waals surface area contributed by atoms with Gasteiger partial charge >= 0.3 is 5.97 Å². The molecule has 1 fully saturated rings. The smallest absolute Gasteiger partial charge is 0.350 e. The van der Waals surface area contributed by atoms with Crippen LogP contribution in [0.1, 0.15) is 56.4 Å². The van der Waals surface area contributed by atoms with Gasteiger partial charge in [-0.2, -0.15) is 0 Å². The fraction of sp³-hybridized carbons (Fsp3) is 0.480. The predicted octanol–water partition coefficient (Wildman–Crippen LogP) is 5.00. The van der Waals surface area contributed by atoms with Crippen molar-refractivity contribution in [1.82, 2.24) is 4.90 Å². The molecule has 6 heteroatoms. The maximum atomic E-state index is 13.5. The van der Waals surface area contributed by atoms with Crippen molar-refractivity contribution < 1.29 is 14.6 Å². The first-order chi connectivity index (χ1) is 14.5. The SMILES string of the molecule is CCN(CC)CC#CC1(OC(=O)C(O)(c2ccccc2)c2cccs2)CCCCC1.Cl. The lowest BCUT2D eigenvalue weighted by molar-refractivity contribution is -0.175. The molecule has 1 aromatic carbocycles. The third-order valence-corrected chi connectivity index (χ3v) is 6.81. The Morgan fingerprint density at radius 2 is 1.81 bits per heavy atom. The van der Waals surface area contributed by atoms with Crippen molar-refractivity contribution in [1.29, 1.82) is 0 Å². The van der Waals surface area contributed by atoms with E-state index in [9.17, 15) is 9.90 Å². The normalized spacial score (nSPS) is 17.0. The number of benzene rings is 1. The molecular formula is C25H32ClNO3S. The highest BCUT2D eigenvalue weighted by Crippen LogP contribution is 2.38. The lowest BCUT2D eigenvalue weighted by atomic mass is 9.84. The van der Waals surface area contributed by atoms with E-state index >= 15 is 0 Å². The number of thiophene rings is 1. The molecule has 0 spiro atoms. The van der Waals surface area contributed by atoms with Crippen LogP contribution in [0.25, 0.3) is 0 Å².